The number of ether oxygens (including phenoxy) is 3. The number of rotatable bonds is 6. The van der Waals surface area contributed by atoms with Gasteiger partial charge < -0.3 is 24.4 Å². The molecule has 1 N–H and O–H groups in total. The Morgan fingerprint density at radius 2 is 1.64 bits per heavy atom. The lowest BCUT2D eigenvalue weighted by Gasteiger charge is -2.35. The van der Waals surface area contributed by atoms with Crippen molar-refractivity contribution in [3.05, 3.63) is 42.0 Å². The van der Waals surface area contributed by atoms with Gasteiger partial charge >= 0.3 is 0 Å². The van der Waals surface area contributed by atoms with Crippen molar-refractivity contribution in [1.82, 2.24) is 0 Å². The fraction of sp³-hybridized carbons (Fsp3) is 0.409. The largest absolute Gasteiger partial charge is 0.493 e. The molecule has 28 heavy (non-hydrogen) atoms. The number of nitrogens with zero attached hydrogens (tertiary/aromatic N) is 1. The number of anilines is 2. The first-order chi connectivity index (χ1) is 13.6. The van der Waals surface area contributed by atoms with Crippen LogP contribution in [-0.4, -0.2) is 39.8 Å². The third-order valence-corrected chi connectivity index (χ3v) is 5.19. The van der Waals surface area contributed by atoms with E-state index in [4.69, 9.17) is 14.2 Å². The molecule has 1 amide bonds. The number of carbonyl (C=O) groups is 1. The van der Waals surface area contributed by atoms with Gasteiger partial charge in [0.25, 0.3) is 5.91 Å². The molecule has 0 spiro atoms. The van der Waals surface area contributed by atoms with Crippen molar-refractivity contribution in [3.63, 3.8) is 0 Å². The van der Waals surface area contributed by atoms with Crippen LogP contribution in [0, 0.1) is 0 Å². The smallest absolute Gasteiger partial charge is 0.255 e. The summed E-state index contributed by atoms with van der Waals surface area (Å²) in [6.07, 6.45) is 3.74. The Morgan fingerprint density at radius 1 is 1.00 bits per heavy atom. The van der Waals surface area contributed by atoms with Gasteiger partial charge in [-0.1, -0.05) is 0 Å². The fourth-order valence-corrected chi connectivity index (χ4v) is 3.63. The first-order valence-electron chi connectivity index (χ1n) is 9.55. The molecule has 6 nitrogen and oxygen atoms in total. The normalized spacial score (nSPS) is 16.4. The van der Waals surface area contributed by atoms with Crippen LogP contribution in [0.15, 0.2) is 36.4 Å². The molecule has 1 aliphatic rings. The molecule has 0 unspecified atom stereocenters. The molecule has 1 heterocycles. The predicted molar refractivity (Wildman–Crippen MR) is 111 cm³/mol. The van der Waals surface area contributed by atoms with Gasteiger partial charge in [-0.15, -0.1) is 0 Å². The van der Waals surface area contributed by atoms with Gasteiger partial charge in [0.1, 0.15) is 0 Å². The van der Waals surface area contributed by atoms with Gasteiger partial charge in [-0.25, -0.2) is 0 Å². The lowest BCUT2D eigenvalue weighted by molar-refractivity contribution is 0.102. The van der Waals surface area contributed by atoms with E-state index in [1.165, 1.54) is 46.3 Å². The molecule has 1 saturated heterocycles. The molecule has 1 aliphatic heterocycles. The third kappa shape index (κ3) is 4.16. The molecule has 3 rings (SSSR count). The molecule has 0 radical (unpaired) electrons. The number of amides is 1. The summed E-state index contributed by atoms with van der Waals surface area (Å²) < 4.78 is 15.9. The van der Waals surface area contributed by atoms with Gasteiger partial charge in [0, 0.05) is 29.5 Å². The van der Waals surface area contributed by atoms with Gasteiger partial charge in [-0.05, 0) is 62.6 Å². The van der Waals surface area contributed by atoms with Crippen molar-refractivity contribution in [3.8, 4) is 17.2 Å². The number of hydrogen-bond donors (Lipinski definition) is 1. The van der Waals surface area contributed by atoms with E-state index < -0.39 is 0 Å². The van der Waals surface area contributed by atoms with Gasteiger partial charge in [0.05, 0.1) is 21.3 Å². The molecular weight excluding hydrogens is 356 g/mol. The maximum Gasteiger partial charge on any atom is 0.255 e. The third-order valence-electron chi connectivity index (χ3n) is 5.19. The van der Waals surface area contributed by atoms with Crippen LogP contribution in [0.2, 0.25) is 0 Å². The van der Waals surface area contributed by atoms with E-state index in [2.05, 4.69) is 29.3 Å². The lowest BCUT2D eigenvalue weighted by atomic mass is 10.0. The van der Waals surface area contributed by atoms with Crippen molar-refractivity contribution in [2.75, 3.05) is 38.1 Å². The molecule has 0 aliphatic carbocycles. The zero-order valence-electron chi connectivity index (χ0n) is 17.0. The average Bonchev–Trinajstić information content (AvgIpc) is 2.73. The Kier molecular flexibility index (Phi) is 6.29. The van der Waals surface area contributed by atoms with Crippen molar-refractivity contribution in [2.24, 2.45) is 0 Å². The monoisotopic (exact) mass is 384 g/mol. The molecule has 1 fully saturated rings. The molecule has 0 aromatic heterocycles. The summed E-state index contributed by atoms with van der Waals surface area (Å²) in [5.74, 6) is 1.11. The number of hydrogen-bond acceptors (Lipinski definition) is 5. The van der Waals surface area contributed by atoms with Crippen LogP contribution in [0.3, 0.4) is 0 Å². The van der Waals surface area contributed by atoms with Crippen LogP contribution in [-0.2, 0) is 0 Å². The summed E-state index contributed by atoms with van der Waals surface area (Å²) in [6, 6.07) is 11.8. The van der Waals surface area contributed by atoms with E-state index in [1.807, 2.05) is 12.1 Å². The molecule has 150 valence electrons. The highest BCUT2D eigenvalue weighted by atomic mass is 16.5. The minimum absolute atomic E-state index is 0.238. The summed E-state index contributed by atoms with van der Waals surface area (Å²) >= 11 is 0. The van der Waals surface area contributed by atoms with Gasteiger partial charge in [0.2, 0.25) is 5.75 Å². The number of benzene rings is 2. The minimum atomic E-state index is -0.238. The highest BCUT2D eigenvalue weighted by Gasteiger charge is 2.19. The number of methoxy groups -OCH3 is 3. The summed E-state index contributed by atoms with van der Waals surface area (Å²) in [4.78, 5) is 15.1. The average molecular weight is 384 g/mol. The molecule has 0 saturated carbocycles. The van der Waals surface area contributed by atoms with Crippen molar-refractivity contribution < 1.29 is 19.0 Å². The van der Waals surface area contributed by atoms with Crippen molar-refractivity contribution >= 4 is 17.3 Å². The quantitative estimate of drug-likeness (QED) is 0.803. The molecular formula is C22H28N2O4. The van der Waals surface area contributed by atoms with Crippen LogP contribution in [0.4, 0.5) is 11.4 Å². The Bertz CT molecular complexity index is 795. The maximum absolute atomic E-state index is 12.7. The van der Waals surface area contributed by atoms with E-state index in [0.717, 1.165) is 12.2 Å². The van der Waals surface area contributed by atoms with Crippen LogP contribution >= 0.6 is 0 Å². The summed E-state index contributed by atoms with van der Waals surface area (Å²) in [6.45, 7) is 3.34. The number of piperidine rings is 1. The van der Waals surface area contributed by atoms with Crippen LogP contribution < -0.4 is 24.4 Å². The van der Waals surface area contributed by atoms with Gasteiger partial charge in [-0.2, -0.15) is 0 Å². The van der Waals surface area contributed by atoms with E-state index in [9.17, 15) is 4.79 Å². The molecule has 6 heteroatoms. The standard InChI is InChI=1S/C22H28N2O4/c1-15-7-5-6-12-24(15)18-10-8-17(9-11-18)23-22(25)16-13-19(26-2)21(28-4)20(14-16)27-3/h8-11,13-15H,5-7,12H2,1-4H3,(H,23,25)/t15-/m0/s1. The first kappa shape index (κ1) is 19.9. The van der Waals surface area contributed by atoms with Crippen LogP contribution in [0.1, 0.15) is 36.5 Å². The second-order valence-corrected chi connectivity index (χ2v) is 6.95. The Labute approximate surface area is 166 Å². The summed E-state index contributed by atoms with van der Waals surface area (Å²) in [5, 5.41) is 2.93. The lowest BCUT2D eigenvalue weighted by Crippen LogP contribution is -2.37. The first-order valence-corrected chi connectivity index (χ1v) is 9.55. The van der Waals surface area contributed by atoms with E-state index >= 15 is 0 Å². The van der Waals surface area contributed by atoms with Crippen LogP contribution in [0.25, 0.3) is 0 Å². The fourth-order valence-electron chi connectivity index (χ4n) is 3.63. The minimum Gasteiger partial charge on any atom is -0.493 e. The molecule has 1 atom stereocenters. The van der Waals surface area contributed by atoms with E-state index in [0.29, 0.717) is 28.9 Å². The van der Waals surface area contributed by atoms with Gasteiger partial charge in [-0.3, -0.25) is 4.79 Å². The molecule has 2 aromatic rings. The van der Waals surface area contributed by atoms with E-state index in [-0.39, 0.29) is 5.91 Å². The second kappa shape index (κ2) is 8.87. The number of nitrogens with one attached hydrogen (secondary N) is 1. The SMILES string of the molecule is COc1cc(C(=O)Nc2ccc(N3CCCC[C@@H]3C)cc2)cc(OC)c1OC. The highest BCUT2D eigenvalue weighted by molar-refractivity contribution is 6.05. The summed E-state index contributed by atoms with van der Waals surface area (Å²) in [5.41, 5.74) is 2.37. The molecule has 2 aromatic carbocycles. The zero-order valence-corrected chi connectivity index (χ0v) is 17.0. The Hall–Kier alpha value is -2.89. The number of carbonyl (C=O) groups excluding carboxylic acids is 1. The van der Waals surface area contributed by atoms with Crippen molar-refractivity contribution in [1.29, 1.82) is 0 Å². The Morgan fingerprint density at radius 3 is 2.18 bits per heavy atom. The van der Waals surface area contributed by atoms with Crippen molar-refractivity contribution in [2.45, 2.75) is 32.2 Å². The van der Waals surface area contributed by atoms with Crippen LogP contribution in [0.5, 0.6) is 17.2 Å². The van der Waals surface area contributed by atoms with E-state index in [1.54, 1.807) is 12.1 Å². The second-order valence-electron chi connectivity index (χ2n) is 6.95. The topological polar surface area (TPSA) is 60.0 Å². The zero-order chi connectivity index (χ0) is 20.1. The Balaban J connectivity index is 1.76. The molecule has 0 bridgehead atoms. The van der Waals surface area contributed by atoms with Gasteiger partial charge in [0.15, 0.2) is 11.5 Å². The predicted octanol–water partition coefficient (Wildman–Crippen LogP) is 4.34. The maximum atomic E-state index is 12.7. The highest BCUT2D eigenvalue weighted by Crippen LogP contribution is 2.38. The summed E-state index contributed by atoms with van der Waals surface area (Å²) in [7, 11) is 4.59.